The number of urea groups is 1. The fourth-order valence-electron chi connectivity index (χ4n) is 5.63. The molecule has 0 aliphatic heterocycles. The quantitative estimate of drug-likeness (QED) is 0.0990. The van der Waals surface area contributed by atoms with Gasteiger partial charge >= 0.3 is 18.0 Å². The van der Waals surface area contributed by atoms with Gasteiger partial charge in [-0.2, -0.15) is 0 Å². The predicted octanol–water partition coefficient (Wildman–Crippen LogP) is 8.00. The smallest absolute Gasteiger partial charge is 0.337 e. The fourth-order valence-corrected chi connectivity index (χ4v) is 5.63. The lowest BCUT2D eigenvalue weighted by Crippen LogP contribution is -2.53. The highest BCUT2D eigenvalue weighted by Gasteiger charge is 2.31. The Balaban J connectivity index is 1.34. The minimum atomic E-state index is -1.08. The van der Waals surface area contributed by atoms with Crippen molar-refractivity contribution in [3.8, 4) is 11.1 Å². The van der Waals surface area contributed by atoms with Crippen LogP contribution in [0.2, 0.25) is 0 Å². The van der Waals surface area contributed by atoms with Crippen molar-refractivity contribution in [2.75, 3.05) is 13.1 Å². The molecule has 8 nitrogen and oxygen atoms in total. The van der Waals surface area contributed by atoms with Gasteiger partial charge in [-0.3, -0.25) is 0 Å². The van der Waals surface area contributed by atoms with Crippen LogP contribution in [0.15, 0.2) is 146 Å². The van der Waals surface area contributed by atoms with Gasteiger partial charge < -0.3 is 24.4 Å². The van der Waals surface area contributed by atoms with E-state index in [9.17, 15) is 14.4 Å². The van der Waals surface area contributed by atoms with Crippen molar-refractivity contribution >= 4 is 18.0 Å². The molecule has 2 atom stereocenters. The Morgan fingerprint density at radius 1 is 0.538 bits per heavy atom. The summed E-state index contributed by atoms with van der Waals surface area (Å²) in [5, 5.41) is 2.93. The number of benzene rings is 5. The van der Waals surface area contributed by atoms with Gasteiger partial charge in [-0.15, -0.1) is 0 Å². The van der Waals surface area contributed by atoms with Gasteiger partial charge in [0.2, 0.25) is 0 Å². The van der Waals surface area contributed by atoms with Crippen LogP contribution in [-0.2, 0) is 50.0 Å². The molecule has 0 fully saturated rings. The summed E-state index contributed by atoms with van der Waals surface area (Å²) in [5.74, 6) is -1.10. The summed E-state index contributed by atoms with van der Waals surface area (Å²) in [6, 6.07) is 44.7. The van der Waals surface area contributed by atoms with Crippen molar-refractivity contribution in [1.82, 2.24) is 10.2 Å². The second-order valence-corrected chi connectivity index (χ2v) is 13.0. The Bertz CT molecular complexity index is 1820. The van der Waals surface area contributed by atoms with Crippen LogP contribution in [0.3, 0.4) is 0 Å². The number of nitrogens with zero attached hydrogens (tertiary/aromatic N) is 1. The van der Waals surface area contributed by atoms with Crippen LogP contribution in [0.1, 0.15) is 36.1 Å². The summed E-state index contributed by atoms with van der Waals surface area (Å²) in [6.07, 6.45) is -0.876. The van der Waals surface area contributed by atoms with Crippen molar-refractivity contribution in [3.05, 3.63) is 168 Å². The van der Waals surface area contributed by atoms with E-state index in [0.29, 0.717) is 6.54 Å². The number of rotatable bonds is 17. The number of carbonyl (C=O) groups excluding carboxylic acids is 3. The zero-order valence-electron chi connectivity index (χ0n) is 29.7. The van der Waals surface area contributed by atoms with E-state index in [1.807, 2.05) is 159 Å². The number of ether oxygens (including phenoxy) is 3. The number of amides is 2. The Morgan fingerprint density at radius 3 is 1.52 bits per heavy atom. The van der Waals surface area contributed by atoms with Crippen LogP contribution in [-0.4, -0.2) is 48.1 Å². The van der Waals surface area contributed by atoms with Crippen LogP contribution >= 0.6 is 0 Å². The molecule has 0 spiro atoms. The van der Waals surface area contributed by atoms with Crippen molar-refractivity contribution in [2.45, 2.75) is 52.2 Å². The summed E-state index contributed by atoms with van der Waals surface area (Å²) in [5.41, 5.74) is 5.52. The zero-order valence-corrected chi connectivity index (χ0v) is 29.7. The van der Waals surface area contributed by atoms with Crippen molar-refractivity contribution < 1.29 is 28.6 Å². The maximum Gasteiger partial charge on any atom is 0.337 e. The summed E-state index contributed by atoms with van der Waals surface area (Å²) in [7, 11) is 0. The highest BCUT2D eigenvalue weighted by Crippen LogP contribution is 2.20. The Hall–Kier alpha value is -5.73. The number of esters is 2. The molecule has 2 amide bonds. The van der Waals surface area contributed by atoms with Crippen molar-refractivity contribution in [3.63, 3.8) is 0 Å². The molecule has 0 saturated carbocycles. The Morgan fingerprint density at radius 2 is 1.00 bits per heavy atom. The van der Waals surface area contributed by atoms with E-state index in [2.05, 4.69) is 5.32 Å². The Labute approximate surface area is 306 Å². The van der Waals surface area contributed by atoms with E-state index in [1.54, 1.807) is 0 Å². The SMILES string of the molecule is CC(C)CN(CC(OCc1ccccc1)C(=O)OCc1ccccc1)C(=O)N[C@@H](Cc1ccc(-c2ccccc2)cc1)C(=O)OCc1ccccc1. The molecule has 0 bridgehead atoms. The lowest BCUT2D eigenvalue weighted by atomic mass is 10.0. The van der Waals surface area contributed by atoms with Crippen molar-refractivity contribution in [2.24, 2.45) is 5.92 Å². The maximum absolute atomic E-state index is 14.1. The molecule has 0 aliphatic rings. The van der Waals surface area contributed by atoms with Crippen LogP contribution in [0.5, 0.6) is 0 Å². The molecular weight excluding hydrogens is 652 g/mol. The van der Waals surface area contributed by atoms with E-state index in [-0.39, 0.29) is 38.7 Å². The van der Waals surface area contributed by atoms with E-state index in [1.165, 1.54) is 4.90 Å². The first-order chi connectivity index (χ1) is 25.3. The first-order valence-corrected chi connectivity index (χ1v) is 17.6. The molecule has 5 rings (SSSR count). The van der Waals surface area contributed by atoms with E-state index in [0.717, 1.165) is 33.4 Å². The third-order valence-electron chi connectivity index (χ3n) is 8.35. The summed E-state index contributed by atoms with van der Waals surface area (Å²) >= 11 is 0. The third-order valence-corrected chi connectivity index (χ3v) is 8.35. The first-order valence-electron chi connectivity index (χ1n) is 17.6. The molecule has 0 aromatic heterocycles. The summed E-state index contributed by atoms with van der Waals surface area (Å²) in [4.78, 5) is 42.8. The highest BCUT2D eigenvalue weighted by molar-refractivity contribution is 5.84. The second kappa shape index (κ2) is 19.6. The van der Waals surface area contributed by atoms with Gasteiger partial charge in [-0.1, -0.05) is 159 Å². The topological polar surface area (TPSA) is 94.2 Å². The second-order valence-electron chi connectivity index (χ2n) is 13.0. The standard InChI is InChI=1S/C44H46N2O6/c1-33(2)28-46(29-41(50-30-35-15-7-3-8-16-35)43(48)52-32-37-19-11-5-12-20-37)44(49)45-40(42(47)51-31-36-17-9-4-10-18-36)27-34-23-25-39(26-24-34)38-21-13-6-14-22-38/h3-26,33,40-41H,27-32H2,1-2H3,(H,45,49)/t40-,41?/m0/s1. The molecule has 8 heteroatoms. The number of hydrogen-bond acceptors (Lipinski definition) is 6. The largest absolute Gasteiger partial charge is 0.459 e. The van der Waals surface area contributed by atoms with E-state index < -0.39 is 30.1 Å². The molecule has 5 aromatic carbocycles. The normalized spacial score (nSPS) is 12.1. The molecule has 0 radical (unpaired) electrons. The van der Waals surface area contributed by atoms with Gasteiger partial charge in [0.1, 0.15) is 19.3 Å². The zero-order chi connectivity index (χ0) is 36.5. The lowest BCUT2D eigenvalue weighted by molar-refractivity contribution is -0.160. The molecule has 0 aliphatic carbocycles. The monoisotopic (exact) mass is 698 g/mol. The molecular formula is C44H46N2O6. The third kappa shape index (κ3) is 12.0. The van der Waals surface area contributed by atoms with E-state index >= 15 is 0 Å². The molecule has 5 aromatic rings. The number of hydrogen-bond donors (Lipinski definition) is 1. The molecule has 0 heterocycles. The minimum absolute atomic E-state index is 0.0508. The molecule has 0 saturated heterocycles. The van der Waals surface area contributed by atoms with E-state index in [4.69, 9.17) is 14.2 Å². The van der Waals surface area contributed by atoms with Gasteiger partial charge in [0.05, 0.1) is 13.2 Å². The van der Waals surface area contributed by atoms with Gasteiger partial charge in [-0.05, 0) is 39.3 Å². The average molecular weight is 699 g/mol. The molecule has 1 N–H and O–H groups in total. The Kier molecular flexibility index (Phi) is 14.1. The summed E-state index contributed by atoms with van der Waals surface area (Å²) < 4.78 is 17.5. The first kappa shape index (κ1) is 37.5. The van der Waals surface area contributed by atoms with Crippen LogP contribution in [0.4, 0.5) is 4.79 Å². The fraction of sp³-hybridized carbons (Fsp3) is 0.250. The van der Waals surface area contributed by atoms with Crippen LogP contribution in [0.25, 0.3) is 11.1 Å². The number of nitrogens with one attached hydrogen (secondary N) is 1. The predicted molar refractivity (Wildman–Crippen MR) is 202 cm³/mol. The molecule has 1 unspecified atom stereocenters. The van der Waals surface area contributed by atoms with Gasteiger partial charge in [0.25, 0.3) is 0 Å². The number of carbonyl (C=O) groups is 3. The lowest BCUT2D eigenvalue weighted by Gasteiger charge is -2.30. The average Bonchev–Trinajstić information content (AvgIpc) is 3.18. The molecule has 268 valence electrons. The molecule has 52 heavy (non-hydrogen) atoms. The summed E-state index contributed by atoms with van der Waals surface area (Å²) in [6.45, 7) is 4.47. The van der Waals surface area contributed by atoms with Gasteiger partial charge in [-0.25, -0.2) is 14.4 Å². The van der Waals surface area contributed by atoms with Gasteiger partial charge in [0, 0.05) is 13.0 Å². The minimum Gasteiger partial charge on any atom is -0.459 e. The van der Waals surface area contributed by atoms with Crippen molar-refractivity contribution in [1.29, 1.82) is 0 Å². The van der Waals surface area contributed by atoms with Gasteiger partial charge in [0.15, 0.2) is 6.10 Å². The van der Waals surface area contributed by atoms with Crippen LogP contribution < -0.4 is 5.32 Å². The maximum atomic E-state index is 14.1. The highest BCUT2D eigenvalue weighted by atomic mass is 16.6. The van der Waals surface area contributed by atoms with Crippen LogP contribution in [0, 0.1) is 5.92 Å².